The van der Waals surface area contributed by atoms with Gasteiger partial charge in [0, 0.05) is 18.4 Å². The molecule has 0 heterocycles. The number of benzene rings is 1. The second-order valence-electron chi connectivity index (χ2n) is 4.91. The first kappa shape index (κ1) is 18.8. The summed E-state index contributed by atoms with van der Waals surface area (Å²) in [4.78, 5) is 4.57. The number of allylic oxidation sites excluding steroid dienone is 2. The van der Waals surface area contributed by atoms with Gasteiger partial charge in [0.2, 0.25) is 0 Å². The van der Waals surface area contributed by atoms with E-state index in [1.165, 1.54) is 5.56 Å². The third kappa shape index (κ3) is 5.49. The molecule has 4 nitrogen and oxygen atoms in total. The standard InChI is InChI=1S/C17H26N3O.Al/c1-5-7-8-11-19-17(13-18-3)20-16-10-9-15(21-4)12-14(16)6-2;/h7-11,17-18,20H,5-6,13H2,1-4H3;/b8-7-,19-11?;. The Morgan fingerprint density at radius 1 is 1.36 bits per heavy atom. The highest BCUT2D eigenvalue weighted by Gasteiger charge is 2.11. The first-order valence-corrected chi connectivity index (χ1v) is 8.30. The van der Waals surface area contributed by atoms with Crippen molar-refractivity contribution in [3.63, 3.8) is 0 Å². The highest BCUT2D eigenvalue weighted by molar-refractivity contribution is 6.35. The van der Waals surface area contributed by atoms with Crippen molar-refractivity contribution < 1.29 is 4.74 Å². The van der Waals surface area contributed by atoms with Crippen LogP contribution < -0.4 is 19.8 Å². The van der Waals surface area contributed by atoms with Crippen LogP contribution in [-0.2, 0) is 6.42 Å². The molecule has 1 atom stereocenters. The first-order valence-electron chi connectivity index (χ1n) is 7.72. The Kier molecular flexibility index (Phi) is 8.91. The normalized spacial score (nSPS) is 12.9. The van der Waals surface area contributed by atoms with Crippen molar-refractivity contribution in [3.05, 3.63) is 29.8 Å². The maximum atomic E-state index is 5.39. The largest absolute Gasteiger partial charge is 0.498 e. The van der Waals surface area contributed by atoms with Crippen LogP contribution in [0.5, 0.6) is 5.75 Å². The summed E-state index contributed by atoms with van der Waals surface area (Å²) >= 11 is 2.78. The van der Waals surface area contributed by atoms with Crippen LogP contribution in [0.15, 0.2) is 29.3 Å². The number of nitrogens with zero attached hydrogens (tertiary/aromatic N) is 1. The molecule has 1 aromatic carbocycles. The second kappa shape index (κ2) is 10.4. The smallest absolute Gasteiger partial charge is 0.182 e. The van der Waals surface area contributed by atoms with Crippen molar-refractivity contribution in [1.82, 2.24) is 5.32 Å². The molecular formula is C17H26AlN3O. The summed E-state index contributed by atoms with van der Waals surface area (Å²) in [5.74, 6) is 0.895. The summed E-state index contributed by atoms with van der Waals surface area (Å²) in [7, 11) is 3.63. The Labute approximate surface area is 142 Å². The summed E-state index contributed by atoms with van der Waals surface area (Å²) in [6.45, 7) is 5.02. The maximum Gasteiger partial charge on any atom is 0.182 e. The number of methoxy groups -OCH3 is 1. The molecule has 0 amide bonds. The summed E-state index contributed by atoms with van der Waals surface area (Å²) in [5, 5.41) is 6.68. The molecule has 1 aromatic rings. The fraction of sp³-hybridized carbons (Fsp3) is 0.471. The predicted octanol–water partition coefficient (Wildman–Crippen LogP) is 2.05. The van der Waals surface area contributed by atoms with E-state index in [1.807, 2.05) is 25.4 Å². The SMILES string of the molecule is CC/C=C\C=NC(CNC)Nc1ccc(OC)[c]([Al])c1CC. The molecule has 0 aliphatic heterocycles. The van der Waals surface area contributed by atoms with Gasteiger partial charge < -0.3 is 15.4 Å². The van der Waals surface area contributed by atoms with E-state index in [2.05, 4.69) is 57.9 Å². The molecule has 0 fully saturated rings. The minimum Gasteiger partial charge on any atom is -0.498 e. The van der Waals surface area contributed by atoms with E-state index in [1.54, 1.807) is 7.11 Å². The number of hydrogen-bond donors (Lipinski definition) is 2. The molecule has 0 saturated carbocycles. The van der Waals surface area contributed by atoms with Gasteiger partial charge in [-0.2, -0.15) is 0 Å². The Bertz CT molecular complexity index is 515. The molecule has 2 radical (unpaired) electrons. The highest BCUT2D eigenvalue weighted by atomic mass is 27.0. The quantitative estimate of drug-likeness (QED) is 0.541. The summed E-state index contributed by atoms with van der Waals surface area (Å²) < 4.78 is 6.49. The molecule has 0 saturated heterocycles. The number of aliphatic imine (C=N–C) groups is 1. The van der Waals surface area contributed by atoms with Gasteiger partial charge in [0.05, 0.1) is 7.11 Å². The van der Waals surface area contributed by atoms with Crippen molar-refractivity contribution in [3.8, 4) is 5.75 Å². The molecule has 2 N–H and O–H groups in total. The molecule has 0 aliphatic carbocycles. The number of ether oxygens (including phenoxy) is 1. The van der Waals surface area contributed by atoms with Gasteiger partial charge in [-0.15, -0.1) is 0 Å². The topological polar surface area (TPSA) is 45.7 Å². The van der Waals surface area contributed by atoms with Crippen LogP contribution in [0.1, 0.15) is 25.8 Å². The minimum atomic E-state index is -0.00500. The monoisotopic (exact) mass is 315 g/mol. The average molecular weight is 315 g/mol. The zero-order valence-electron chi connectivity index (χ0n) is 14.0. The molecule has 0 spiro atoms. The third-order valence-corrected chi connectivity index (χ3v) is 3.97. The van der Waals surface area contributed by atoms with Crippen LogP contribution in [-0.4, -0.2) is 49.4 Å². The van der Waals surface area contributed by atoms with Gasteiger partial charge in [-0.05, 0) is 43.7 Å². The zero-order chi connectivity index (χ0) is 16.4. The number of hydrogen-bond acceptors (Lipinski definition) is 4. The molecule has 118 valence electrons. The van der Waals surface area contributed by atoms with E-state index in [-0.39, 0.29) is 6.17 Å². The molecule has 1 rings (SSSR count). The van der Waals surface area contributed by atoms with Gasteiger partial charge in [-0.25, -0.2) is 0 Å². The van der Waals surface area contributed by atoms with Gasteiger partial charge in [0.25, 0.3) is 0 Å². The van der Waals surface area contributed by atoms with Crippen LogP contribution in [0, 0.1) is 0 Å². The van der Waals surface area contributed by atoms with E-state index < -0.39 is 0 Å². The molecule has 0 bridgehead atoms. The van der Waals surface area contributed by atoms with Crippen LogP contribution in [0.25, 0.3) is 0 Å². The van der Waals surface area contributed by atoms with Crippen LogP contribution in [0.2, 0.25) is 0 Å². The highest BCUT2D eigenvalue weighted by Crippen LogP contribution is 2.20. The maximum absolute atomic E-state index is 5.39. The van der Waals surface area contributed by atoms with Gasteiger partial charge in [-0.3, -0.25) is 4.99 Å². The molecule has 0 aliphatic rings. The Morgan fingerprint density at radius 3 is 2.73 bits per heavy atom. The summed E-state index contributed by atoms with van der Waals surface area (Å²) in [6, 6.07) is 4.05. The lowest BCUT2D eigenvalue weighted by molar-refractivity contribution is 0.418. The van der Waals surface area contributed by atoms with E-state index in [9.17, 15) is 0 Å². The number of anilines is 1. The zero-order valence-corrected chi connectivity index (χ0v) is 15.2. The molecule has 1 unspecified atom stereocenters. The summed E-state index contributed by atoms with van der Waals surface area (Å²) in [6.07, 6.45) is 7.88. The van der Waals surface area contributed by atoms with Gasteiger partial charge in [0.15, 0.2) is 16.3 Å². The van der Waals surface area contributed by atoms with Crippen molar-refractivity contribution in [2.24, 2.45) is 4.99 Å². The predicted molar refractivity (Wildman–Crippen MR) is 97.0 cm³/mol. The number of likely N-dealkylation sites (N-methyl/N-ethyl adjacent to an activating group) is 1. The lowest BCUT2D eigenvalue weighted by Crippen LogP contribution is -2.30. The van der Waals surface area contributed by atoms with E-state index >= 15 is 0 Å². The van der Waals surface area contributed by atoms with Gasteiger partial charge in [-0.1, -0.05) is 24.3 Å². The fourth-order valence-corrected chi connectivity index (χ4v) is 2.78. The lowest BCUT2D eigenvalue weighted by Gasteiger charge is -2.21. The first-order chi connectivity index (χ1) is 10.7. The molecule has 22 heavy (non-hydrogen) atoms. The number of nitrogens with one attached hydrogen (secondary N) is 2. The van der Waals surface area contributed by atoms with Crippen molar-refractivity contribution in [1.29, 1.82) is 0 Å². The van der Waals surface area contributed by atoms with Crippen molar-refractivity contribution in [2.75, 3.05) is 26.0 Å². The van der Waals surface area contributed by atoms with Crippen molar-refractivity contribution in [2.45, 2.75) is 32.9 Å². The molecule has 5 heteroatoms. The molecule has 0 aromatic heterocycles. The lowest BCUT2D eigenvalue weighted by atomic mass is 10.1. The van der Waals surface area contributed by atoms with E-state index in [4.69, 9.17) is 4.74 Å². The fourth-order valence-electron chi connectivity index (χ4n) is 2.20. The summed E-state index contributed by atoms with van der Waals surface area (Å²) in [5.41, 5.74) is 2.34. The van der Waals surface area contributed by atoms with E-state index in [0.717, 1.165) is 35.2 Å². The van der Waals surface area contributed by atoms with E-state index in [0.29, 0.717) is 0 Å². The molecular weight excluding hydrogens is 289 g/mol. The second-order valence-corrected chi connectivity index (χ2v) is 5.49. The Balaban J connectivity index is 2.95. The van der Waals surface area contributed by atoms with Gasteiger partial charge >= 0.3 is 0 Å². The average Bonchev–Trinajstić information content (AvgIpc) is 2.52. The Hall–Kier alpha value is -1.28. The third-order valence-electron chi connectivity index (χ3n) is 3.33. The van der Waals surface area contributed by atoms with Crippen molar-refractivity contribution >= 4 is 32.6 Å². The minimum absolute atomic E-state index is 0.00500. The van der Waals surface area contributed by atoms with Crippen LogP contribution in [0.3, 0.4) is 0 Å². The van der Waals surface area contributed by atoms with Gasteiger partial charge in [0.1, 0.15) is 11.9 Å². The van der Waals surface area contributed by atoms with Crippen LogP contribution >= 0.6 is 0 Å². The Morgan fingerprint density at radius 2 is 2.14 bits per heavy atom. The van der Waals surface area contributed by atoms with Crippen LogP contribution in [0.4, 0.5) is 5.69 Å². The number of rotatable bonds is 9.